The number of rotatable bonds is 3. The number of benzene rings is 1. The lowest BCUT2D eigenvalue weighted by atomic mass is 10.1. The second-order valence-electron chi connectivity index (χ2n) is 5.65. The summed E-state index contributed by atoms with van der Waals surface area (Å²) in [5, 5.41) is 16.0. The van der Waals surface area contributed by atoms with Gasteiger partial charge in [-0.25, -0.2) is 4.39 Å². The van der Waals surface area contributed by atoms with Crippen LogP contribution in [0.25, 0.3) is 0 Å². The van der Waals surface area contributed by atoms with Crippen LogP contribution < -0.4 is 19.7 Å². The third kappa shape index (κ3) is 3.40. The van der Waals surface area contributed by atoms with E-state index < -0.39 is 34.9 Å². The number of carbonyl (C=O) groups excluding carboxylic acids is 2. The molecule has 0 spiro atoms. The molecule has 0 aliphatic carbocycles. The van der Waals surface area contributed by atoms with Crippen molar-refractivity contribution in [1.82, 2.24) is 15.4 Å². The molecule has 2 fully saturated rings. The Morgan fingerprint density at radius 3 is 2.88 bits per heavy atom. The van der Waals surface area contributed by atoms with Gasteiger partial charge in [-0.1, -0.05) is 0 Å². The second-order valence-corrected chi connectivity index (χ2v) is 6.80. The van der Waals surface area contributed by atoms with E-state index in [0.29, 0.717) is 6.54 Å². The second kappa shape index (κ2) is 6.83. The number of amides is 2. The fourth-order valence-corrected chi connectivity index (χ4v) is 3.69. The van der Waals surface area contributed by atoms with Gasteiger partial charge in [0.05, 0.1) is 0 Å². The van der Waals surface area contributed by atoms with Crippen molar-refractivity contribution in [3.05, 3.63) is 23.5 Å². The van der Waals surface area contributed by atoms with E-state index in [2.05, 4.69) is 15.4 Å². The lowest BCUT2D eigenvalue weighted by Gasteiger charge is -2.24. The van der Waals surface area contributed by atoms with Crippen LogP contribution in [-0.2, 0) is 16.3 Å². The first-order valence-electron chi connectivity index (χ1n) is 7.48. The zero-order chi connectivity index (χ0) is 17.3. The summed E-state index contributed by atoms with van der Waals surface area (Å²) in [4.78, 5) is 23.4. The summed E-state index contributed by atoms with van der Waals surface area (Å²) in [5.74, 6) is -2.52. The monoisotopic (exact) mass is 356 g/mol. The van der Waals surface area contributed by atoms with Crippen LogP contribution in [0.2, 0.25) is 0 Å². The molecular weight excluding hydrogens is 339 g/mol. The minimum atomic E-state index is -1.96. The fourth-order valence-electron chi connectivity index (χ4n) is 2.74. The molecule has 2 atom stereocenters. The van der Waals surface area contributed by atoms with Crippen LogP contribution in [0.5, 0.6) is 5.75 Å². The number of phenolic OH excluding ortho intramolecular Hbond substituents is 1. The maximum atomic E-state index is 14.3. The zero-order valence-electron chi connectivity index (χ0n) is 12.7. The molecule has 2 aliphatic heterocycles. The van der Waals surface area contributed by atoms with Gasteiger partial charge in [0.1, 0.15) is 5.75 Å². The highest BCUT2D eigenvalue weighted by Gasteiger charge is 2.38. The molecule has 3 rings (SSSR count). The smallest absolute Gasteiger partial charge is 0.287 e. The summed E-state index contributed by atoms with van der Waals surface area (Å²) in [7, 11) is 0. The number of carbonyl (C=O) groups is 2. The molecule has 4 N–H and O–H groups in total. The van der Waals surface area contributed by atoms with Crippen molar-refractivity contribution >= 4 is 29.0 Å². The van der Waals surface area contributed by atoms with E-state index >= 15 is 0 Å². The van der Waals surface area contributed by atoms with Crippen molar-refractivity contribution in [3.63, 3.8) is 0 Å². The van der Waals surface area contributed by atoms with Crippen molar-refractivity contribution in [3.8, 4) is 5.75 Å². The van der Waals surface area contributed by atoms with Crippen LogP contribution in [0.1, 0.15) is 23.2 Å². The normalized spacial score (nSPS) is 23.9. The summed E-state index contributed by atoms with van der Waals surface area (Å²) in [5.41, 5.74) is -0.411. The van der Waals surface area contributed by atoms with E-state index in [1.54, 1.807) is 0 Å². The topological polar surface area (TPSA) is 117 Å². The van der Waals surface area contributed by atoms with Gasteiger partial charge in [0, 0.05) is 18.2 Å². The molecule has 130 valence electrons. The van der Waals surface area contributed by atoms with Crippen molar-refractivity contribution in [2.45, 2.75) is 18.9 Å². The van der Waals surface area contributed by atoms with E-state index in [4.69, 9.17) is 0 Å². The molecule has 2 aliphatic rings. The molecule has 10 heteroatoms. The predicted octanol–water partition coefficient (Wildman–Crippen LogP) is -0.472. The predicted molar refractivity (Wildman–Crippen MR) is 85.1 cm³/mol. The molecular formula is C14H17FN4O4S. The highest BCUT2D eigenvalue weighted by Crippen LogP contribution is 2.34. The van der Waals surface area contributed by atoms with Gasteiger partial charge in [-0.2, -0.15) is 4.31 Å². The Morgan fingerprint density at radius 2 is 2.29 bits per heavy atom. The summed E-state index contributed by atoms with van der Waals surface area (Å²) in [6, 6.07) is 2.01. The third-order valence-electron chi connectivity index (χ3n) is 3.88. The average molecular weight is 356 g/mol. The first-order valence-corrected chi connectivity index (χ1v) is 8.59. The molecule has 24 heavy (non-hydrogen) atoms. The van der Waals surface area contributed by atoms with Crippen molar-refractivity contribution in [2.75, 3.05) is 23.9 Å². The number of phenols is 1. The van der Waals surface area contributed by atoms with Gasteiger partial charge >= 0.3 is 0 Å². The molecule has 0 saturated carbocycles. The molecule has 1 unspecified atom stereocenters. The molecule has 2 amide bonds. The first-order chi connectivity index (χ1) is 11.5. The SMILES string of the molecule is O=C1CN(c2c(O)cc(C(=O)N[C@@H]3CCCNC3)cc2F)[S+]([O-])N1. The Labute approximate surface area is 140 Å². The number of halogens is 1. The fraction of sp³-hybridized carbons (Fsp3) is 0.429. The van der Waals surface area contributed by atoms with Crippen LogP contribution in [0.3, 0.4) is 0 Å². The molecule has 8 nitrogen and oxygen atoms in total. The van der Waals surface area contributed by atoms with Crippen LogP contribution in [0, 0.1) is 5.82 Å². The van der Waals surface area contributed by atoms with E-state index in [0.717, 1.165) is 35.8 Å². The summed E-state index contributed by atoms with van der Waals surface area (Å²) in [6.07, 6.45) is 1.76. The average Bonchev–Trinajstić information content (AvgIpc) is 2.86. The highest BCUT2D eigenvalue weighted by molar-refractivity contribution is 7.92. The van der Waals surface area contributed by atoms with E-state index in [1.807, 2.05) is 0 Å². The number of piperidine rings is 1. The third-order valence-corrected chi connectivity index (χ3v) is 4.99. The highest BCUT2D eigenvalue weighted by atomic mass is 32.2. The molecule has 2 heterocycles. The van der Waals surface area contributed by atoms with Crippen LogP contribution in [-0.4, -0.2) is 47.1 Å². The Kier molecular flexibility index (Phi) is 4.78. The molecule has 2 saturated heterocycles. The van der Waals surface area contributed by atoms with Gasteiger partial charge < -0.3 is 20.3 Å². The summed E-state index contributed by atoms with van der Waals surface area (Å²) < 4.78 is 29.1. The number of hydrogen-bond acceptors (Lipinski definition) is 6. The van der Waals surface area contributed by atoms with Crippen LogP contribution in [0.4, 0.5) is 10.1 Å². The van der Waals surface area contributed by atoms with E-state index in [1.165, 1.54) is 0 Å². The van der Waals surface area contributed by atoms with Gasteiger partial charge in [0.15, 0.2) is 29.6 Å². The first kappa shape index (κ1) is 16.8. The number of hydrogen-bond donors (Lipinski definition) is 4. The number of nitrogens with one attached hydrogen (secondary N) is 3. The van der Waals surface area contributed by atoms with Gasteiger partial charge in [-0.15, -0.1) is 4.72 Å². The molecule has 0 radical (unpaired) electrons. The maximum absolute atomic E-state index is 14.3. The van der Waals surface area contributed by atoms with Crippen LogP contribution in [0.15, 0.2) is 12.1 Å². The lowest BCUT2D eigenvalue weighted by molar-refractivity contribution is -0.117. The van der Waals surface area contributed by atoms with Crippen LogP contribution >= 0.6 is 0 Å². The number of anilines is 1. The molecule has 0 bridgehead atoms. The van der Waals surface area contributed by atoms with Gasteiger partial charge in [-0.05, 0) is 31.5 Å². The Bertz CT molecular complexity index is 645. The molecule has 1 aromatic carbocycles. The van der Waals surface area contributed by atoms with E-state index in [9.17, 15) is 23.6 Å². The largest absolute Gasteiger partial charge is 0.568 e. The Balaban J connectivity index is 1.79. The Morgan fingerprint density at radius 1 is 1.50 bits per heavy atom. The summed E-state index contributed by atoms with van der Waals surface area (Å²) >= 11 is -1.96. The minimum Gasteiger partial charge on any atom is -0.568 e. The van der Waals surface area contributed by atoms with Gasteiger partial charge in [-0.3, -0.25) is 9.59 Å². The van der Waals surface area contributed by atoms with Gasteiger partial charge in [0.25, 0.3) is 11.8 Å². The summed E-state index contributed by atoms with van der Waals surface area (Å²) in [6.45, 7) is 1.20. The van der Waals surface area contributed by atoms with Gasteiger partial charge in [0.2, 0.25) is 0 Å². The number of aromatic hydroxyl groups is 1. The quantitative estimate of drug-likeness (QED) is 0.544. The number of nitrogens with zero attached hydrogens (tertiary/aromatic N) is 1. The van der Waals surface area contributed by atoms with Crippen molar-refractivity contribution < 1.29 is 23.6 Å². The minimum absolute atomic E-state index is 0.0383. The maximum Gasteiger partial charge on any atom is 0.287 e. The van der Waals surface area contributed by atoms with Crippen molar-refractivity contribution in [2.24, 2.45) is 0 Å². The van der Waals surface area contributed by atoms with E-state index in [-0.39, 0.29) is 23.8 Å². The van der Waals surface area contributed by atoms with Crippen molar-refractivity contribution in [1.29, 1.82) is 0 Å². The lowest BCUT2D eigenvalue weighted by Crippen LogP contribution is -2.45. The zero-order valence-corrected chi connectivity index (χ0v) is 13.5. The molecule has 1 aromatic rings. The standard InChI is InChI=1S/C14H17FN4O4S/c15-10-4-8(14(22)17-9-2-1-3-16-6-9)5-11(20)13(10)19-7-12(21)18-24(19)23/h4-5,9,16,20H,1-3,6-7H2,(H,17,22)(H,18,21)/t9-,24?/m1/s1. The molecule has 0 aromatic heterocycles. The Hall–Kier alpha value is -2.04.